The number of anilines is 2. The van der Waals surface area contributed by atoms with Crippen LogP contribution >= 0.6 is 0 Å². The molecule has 0 aliphatic carbocycles. The number of hydrogen-bond acceptors (Lipinski definition) is 5. The summed E-state index contributed by atoms with van der Waals surface area (Å²) < 4.78 is 41.3. The summed E-state index contributed by atoms with van der Waals surface area (Å²) in [7, 11) is 0. The normalized spacial score (nSPS) is 10.9. The van der Waals surface area contributed by atoms with Gasteiger partial charge in [-0.2, -0.15) is 13.2 Å². The molecule has 0 saturated heterocycles. The van der Waals surface area contributed by atoms with Gasteiger partial charge in [0.2, 0.25) is 5.91 Å². The van der Waals surface area contributed by atoms with E-state index >= 15 is 0 Å². The van der Waals surface area contributed by atoms with Gasteiger partial charge in [-0.3, -0.25) is 19.7 Å². The summed E-state index contributed by atoms with van der Waals surface area (Å²) in [6.07, 6.45) is -4.60. The van der Waals surface area contributed by atoms with Crippen LogP contribution in [0.25, 0.3) is 0 Å². The topological polar surface area (TPSA) is 111 Å². The number of amides is 2. The molecule has 2 rings (SSSR count). The fraction of sp³-hybridized carbons (Fsp3) is 0.176. The molecule has 2 amide bonds. The van der Waals surface area contributed by atoms with Gasteiger partial charge in [-0.05, 0) is 36.4 Å². The molecule has 0 fully saturated rings. The van der Waals surface area contributed by atoms with Crippen LogP contribution in [0.2, 0.25) is 0 Å². The zero-order valence-corrected chi connectivity index (χ0v) is 14.4. The van der Waals surface area contributed by atoms with Gasteiger partial charge in [-0.15, -0.1) is 0 Å². The van der Waals surface area contributed by atoms with E-state index in [2.05, 4.69) is 15.4 Å². The van der Waals surface area contributed by atoms with Crippen LogP contribution in [-0.4, -0.2) is 29.5 Å². The van der Waals surface area contributed by atoms with Gasteiger partial charge in [-0.25, -0.2) is 0 Å². The summed E-state index contributed by atoms with van der Waals surface area (Å²) in [5.74, 6) is -1.53. The monoisotopic (exact) mass is 397 g/mol. The van der Waals surface area contributed by atoms with Crippen LogP contribution in [-0.2, 0) is 4.79 Å². The average Bonchev–Trinajstić information content (AvgIpc) is 2.60. The quantitative estimate of drug-likeness (QED) is 0.570. The second-order valence-electron chi connectivity index (χ2n) is 5.55. The molecule has 0 atom stereocenters. The molecule has 0 aromatic heterocycles. The number of nitro benzene ring substituents is 1. The van der Waals surface area contributed by atoms with Gasteiger partial charge in [0.1, 0.15) is 11.3 Å². The van der Waals surface area contributed by atoms with Crippen molar-refractivity contribution in [2.24, 2.45) is 0 Å². The molecule has 0 radical (unpaired) electrons. The Bertz CT molecular complexity index is 898. The Morgan fingerprint density at radius 3 is 2.14 bits per heavy atom. The van der Waals surface area contributed by atoms with Crippen LogP contribution < -0.4 is 15.4 Å². The van der Waals surface area contributed by atoms with Gasteiger partial charge >= 0.3 is 6.18 Å². The molecule has 0 heterocycles. The summed E-state index contributed by atoms with van der Waals surface area (Å²) in [5.41, 5.74) is -0.323. The number of nitro groups is 1. The predicted octanol–water partition coefficient (Wildman–Crippen LogP) is 3.75. The molecule has 2 aromatic carbocycles. The highest BCUT2D eigenvalue weighted by atomic mass is 19.4. The van der Waals surface area contributed by atoms with Crippen LogP contribution in [0, 0.1) is 10.1 Å². The predicted molar refractivity (Wildman–Crippen MR) is 93.3 cm³/mol. The molecule has 28 heavy (non-hydrogen) atoms. The maximum atomic E-state index is 12.4. The highest BCUT2D eigenvalue weighted by Gasteiger charge is 2.29. The fourth-order valence-electron chi connectivity index (χ4n) is 2.15. The lowest BCUT2D eigenvalue weighted by Crippen LogP contribution is -2.20. The van der Waals surface area contributed by atoms with Crippen molar-refractivity contribution in [1.29, 1.82) is 0 Å². The Morgan fingerprint density at radius 1 is 1.07 bits per heavy atom. The summed E-state index contributed by atoms with van der Waals surface area (Å²) in [5, 5.41) is 16.0. The van der Waals surface area contributed by atoms with E-state index in [1.807, 2.05) is 0 Å². The maximum Gasteiger partial charge on any atom is 0.422 e. The molecule has 8 nitrogen and oxygen atoms in total. The van der Waals surface area contributed by atoms with Gasteiger partial charge < -0.3 is 15.4 Å². The average molecular weight is 397 g/mol. The minimum atomic E-state index is -4.60. The Morgan fingerprint density at radius 2 is 1.64 bits per heavy atom. The van der Waals surface area contributed by atoms with E-state index in [1.54, 1.807) is 0 Å². The molecule has 2 N–H and O–H groups in total. The zero-order chi connectivity index (χ0) is 20.9. The van der Waals surface area contributed by atoms with Crippen LogP contribution in [0.1, 0.15) is 17.3 Å². The highest BCUT2D eigenvalue weighted by Crippen LogP contribution is 2.27. The second kappa shape index (κ2) is 8.37. The van der Waals surface area contributed by atoms with E-state index in [-0.39, 0.29) is 17.3 Å². The number of hydrogen-bond donors (Lipinski definition) is 2. The molecule has 11 heteroatoms. The lowest BCUT2D eigenvalue weighted by molar-refractivity contribution is -0.385. The Hall–Kier alpha value is -3.63. The largest absolute Gasteiger partial charge is 0.484 e. The highest BCUT2D eigenvalue weighted by molar-refractivity contribution is 6.07. The van der Waals surface area contributed by atoms with Crippen LogP contribution in [0.15, 0.2) is 42.5 Å². The van der Waals surface area contributed by atoms with Crippen molar-refractivity contribution in [2.75, 3.05) is 17.2 Å². The molecular formula is C17H14F3N3O5. The molecule has 0 bridgehead atoms. The molecular weight excluding hydrogens is 383 g/mol. The maximum absolute atomic E-state index is 12.4. The summed E-state index contributed by atoms with van der Waals surface area (Å²) in [4.78, 5) is 33.7. The van der Waals surface area contributed by atoms with Crippen molar-refractivity contribution in [1.82, 2.24) is 0 Å². The third kappa shape index (κ3) is 5.97. The van der Waals surface area contributed by atoms with Gasteiger partial charge in [-0.1, -0.05) is 0 Å². The van der Waals surface area contributed by atoms with Crippen LogP contribution in [0.4, 0.5) is 30.2 Å². The number of halogens is 3. The number of rotatable bonds is 6. The Balaban J connectivity index is 2.22. The first kappa shape index (κ1) is 20.7. The first-order chi connectivity index (χ1) is 13.0. The molecule has 0 spiro atoms. The number of ether oxygens (including phenoxy) is 1. The first-order valence-corrected chi connectivity index (χ1v) is 7.72. The smallest absolute Gasteiger partial charge is 0.422 e. The van der Waals surface area contributed by atoms with Gasteiger partial charge in [0.15, 0.2) is 6.61 Å². The van der Waals surface area contributed by atoms with E-state index in [1.165, 1.54) is 31.2 Å². The van der Waals surface area contributed by atoms with E-state index in [0.717, 1.165) is 18.2 Å². The summed E-state index contributed by atoms with van der Waals surface area (Å²) >= 11 is 0. The van der Waals surface area contributed by atoms with Crippen molar-refractivity contribution in [2.45, 2.75) is 13.1 Å². The van der Waals surface area contributed by atoms with E-state index in [9.17, 15) is 32.9 Å². The Kier molecular flexibility index (Phi) is 6.18. The number of nitrogens with one attached hydrogen (secondary N) is 2. The van der Waals surface area contributed by atoms with Gasteiger partial charge in [0.05, 0.1) is 4.92 Å². The molecule has 0 aliphatic rings. The second-order valence-corrected chi connectivity index (χ2v) is 5.55. The van der Waals surface area contributed by atoms with E-state index < -0.39 is 34.9 Å². The van der Waals surface area contributed by atoms with Crippen molar-refractivity contribution >= 4 is 28.9 Å². The number of benzene rings is 2. The van der Waals surface area contributed by atoms with E-state index in [0.29, 0.717) is 5.69 Å². The van der Waals surface area contributed by atoms with Crippen LogP contribution in [0.5, 0.6) is 5.75 Å². The summed E-state index contributed by atoms with van der Waals surface area (Å²) in [6.45, 7) is -0.279. The lowest BCUT2D eigenvalue weighted by atomic mass is 10.1. The number of carbonyl (C=O) groups is 2. The van der Waals surface area contributed by atoms with Crippen molar-refractivity contribution in [3.05, 3.63) is 58.1 Å². The number of alkyl halides is 3. The molecule has 2 aromatic rings. The molecule has 0 unspecified atom stereocenters. The zero-order valence-electron chi connectivity index (χ0n) is 14.4. The van der Waals surface area contributed by atoms with E-state index in [4.69, 9.17) is 0 Å². The first-order valence-electron chi connectivity index (χ1n) is 7.72. The van der Waals surface area contributed by atoms with Crippen LogP contribution in [0.3, 0.4) is 0 Å². The molecule has 0 saturated carbocycles. The Labute approximate surface area is 156 Å². The van der Waals surface area contributed by atoms with Gasteiger partial charge in [0, 0.05) is 24.4 Å². The minimum Gasteiger partial charge on any atom is -0.484 e. The molecule has 148 valence electrons. The third-order valence-corrected chi connectivity index (χ3v) is 3.27. The number of nitrogens with zero attached hydrogens (tertiary/aromatic N) is 1. The third-order valence-electron chi connectivity index (χ3n) is 3.27. The van der Waals surface area contributed by atoms with Crippen molar-refractivity contribution in [3.8, 4) is 5.75 Å². The SMILES string of the molecule is CC(=O)Nc1ccc(NC(=O)c2cc(OCC(F)(F)F)ccc2[N+](=O)[O-])cc1. The van der Waals surface area contributed by atoms with Crippen molar-refractivity contribution < 1.29 is 32.4 Å². The lowest BCUT2D eigenvalue weighted by Gasteiger charge is -2.11. The molecule has 0 aliphatic heterocycles. The van der Waals surface area contributed by atoms with Crippen molar-refractivity contribution in [3.63, 3.8) is 0 Å². The fourth-order valence-corrected chi connectivity index (χ4v) is 2.15. The summed E-state index contributed by atoms with van der Waals surface area (Å²) in [6, 6.07) is 8.61. The minimum absolute atomic E-state index is 0.259. The standard InChI is InChI=1S/C17H14F3N3O5/c1-10(24)21-11-2-4-12(5-3-11)22-16(25)14-8-13(28-9-17(18,19)20)6-7-15(14)23(26)27/h2-8H,9H2,1H3,(H,21,24)(H,22,25). The number of carbonyl (C=O) groups excluding carboxylic acids is 2. The van der Waals surface area contributed by atoms with Gasteiger partial charge in [0.25, 0.3) is 11.6 Å².